The van der Waals surface area contributed by atoms with Crippen molar-refractivity contribution in [1.82, 2.24) is 10.2 Å². The highest BCUT2D eigenvalue weighted by Crippen LogP contribution is 2.41. The summed E-state index contributed by atoms with van der Waals surface area (Å²) in [6, 6.07) is 0.237. The summed E-state index contributed by atoms with van der Waals surface area (Å²) in [5, 5.41) is 24.0. The minimum Gasteiger partial charge on any atom is -0.392 e. The van der Waals surface area contributed by atoms with Gasteiger partial charge in [0, 0.05) is 18.9 Å². The van der Waals surface area contributed by atoms with Crippen LogP contribution in [0.4, 0.5) is 0 Å². The van der Waals surface area contributed by atoms with Gasteiger partial charge in [0.05, 0.1) is 24.1 Å². The Morgan fingerprint density at radius 1 is 1.27 bits per heavy atom. The molecule has 150 valence electrons. The van der Waals surface area contributed by atoms with E-state index in [2.05, 4.69) is 37.3 Å². The lowest BCUT2D eigenvalue weighted by atomic mass is 9.90. The molecule has 0 aromatic rings. The van der Waals surface area contributed by atoms with Crippen LogP contribution >= 0.6 is 0 Å². The number of unbranched alkanes of at least 4 members (excludes halogenated alkanes) is 3. The summed E-state index contributed by atoms with van der Waals surface area (Å²) in [5.41, 5.74) is 0. The van der Waals surface area contributed by atoms with Crippen LogP contribution < -0.4 is 5.32 Å². The number of fused-ring (bicyclic) bond motifs is 1. The maximum Gasteiger partial charge on any atom is 0.0970 e. The number of nitrogens with one attached hydrogen (secondary N) is 1. The van der Waals surface area contributed by atoms with Gasteiger partial charge in [0.2, 0.25) is 0 Å². The first kappa shape index (κ1) is 21.4. The van der Waals surface area contributed by atoms with Gasteiger partial charge in [0.15, 0.2) is 0 Å². The molecule has 0 aromatic carbocycles. The summed E-state index contributed by atoms with van der Waals surface area (Å²) in [6.45, 7) is 4.27. The van der Waals surface area contributed by atoms with Crippen LogP contribution in [0, 0.1) is 11.8 Å². The van der Waals surface area contributed by atoms with Crippen LogP contribution in [0.2, 0.25) is 0 Å². The molecule has 2 rings (SSSR count). The molecule has 5 nitrogen and oxygen atoms in total. The summed E-state index contributed by atoms with van der Waals surface area (Å²) < 4.78 is 0. The van der Waals surface area contributed by atoms with E-state index in [4.69, 9.17) is 4.99 Å². The van der Waals surface area contributed by atoms with Crippen LogP contribution in [0.1, 0.15) is 58.3 Å². The molecule has 2 aliphatic rings. The van der Waals surface area contributed by atoms with E-state index in [9.17, 15) is 10.2 Å². The molecule has 0 aromatic heterocycles. The van der Waals surface area contributed by atoms with Crippen LogP contribution in [0.3, 0.4) is 0 Å². The Bertz CT molecular complexity index is 464. The van der Waals surface area contributed by atoms with E-state index >= 15 is 0 Å². The van der Waals surface area contributed by atoms with Gasteiger partial charge < -0.3 is 20.4 Å². The number of aliphatic imine (C=N–C) groups is 1. The van der Waals surface area contributed by atoms with Crippen molar-refractivity contribution in [2.24, 2.45) is 16.8 Å². The number of rotatable bonds is 11. The highest BCUT2D eigenvalue weighted by Gasteiger charge is 2.44. The van der Waals surface area contributed by atoms with E-state index in [1.165, 1.54) is 19.3 Å². The average Bonchev–Trinajstić information content (AvgIpc) is 3.09. The van der Waals surface area contributed by atoms with Crippen molar-refractivity contribution in [3.8, 4) is 0 Å². The Labute approximate surface area is 159 Å². The molecule has 1 heterocycles. The summed E-state index contributed by atoms with van der Waals surface area (Å²) in [6.07, 6.45) is 11.5. The first-order chi connectivity index (χ1) is 12.5. The lowest BCUT2D eigenvalue weighted by Gasteiger charge is -2.18. The first-order valence-electron chi connectivity index (χ1n) is 10.5. The average molecular weight is 366 g/mol. The zero-order valence-electron chi connectivity index (χ0n) is 16.9. The highest BCUT2D eigenvalue weighted by atomic mass is 16.3. The number of nitrogens with zero attached hydrogens (tertiary/aromatic N) is 2. The molecular weight excluding hydrogens is 326 g/mol. The molecule has 1 saturated carbocycles. The number of aliphatic hydroxyl groups is 2. The number of hydrogen-bond acceptors (Lipinski definition) is 5. The molecule has 1 aliphatic heterocycles. The molecule has 0 spiro atoms. The van der Waals surface area contributed by atoms with E-state index in [1.807, 2.05) is 6.08 Å². The molecule has 0 bridgehead atoms. The maximum atomic E-state index is 10.4. The molecule has 3 N–H and O–H groups in total. The minimum absolute atomic E-state index is 0.123. The zero-order valence-corrected chi connectivity index (χ0v) is 16.9. The Hall–Kier alpha value is -0.910. The third-order valence-corrected chi connectivity index (χ3v) is 5.69. The summed E-state index contributed by atoms with van der Waals surface area (Å²) >= 11 is 0. The van der Waals surface area contributed by atoms with Crippen molar-refractivity contribution in [1.29, 1.82) is 0 Å². The maximum absolute atomic E-state index is 10.4. The van der Waals surface area contributed by atoms with Gasteiger partial charge in [-0.2, -0.15) is 0 Å². The quantitative estimate of drug-likeness (QED) is 0.389. The van der Waals surface area contributed by atoms with Gasteiger partial charge in [-0.25, -0.2) is 0 Å². The van der Waals surface area contributed by atoms with Crippen molar-refractivity contribution < 1.29 is 10.2 Å². The van der Waals surface area contributed by atoms with Crippen molar-refractivity contribution >= 4 is 5.84 Å². The van der Waals surface area contributed by atoms with Gasteiger partial charge in [-0.15, -0.1) is 0 Å². The fourth-order valence-corrected chi connectivity index (χ4v) is 4.15. The Morgan fingerprint density at radius 2 is 2.08 bits per heavy atom. The fraction of sp³-hybridized carbons (Fsp3) is 0.857. The smallest absolute Gasteiger partial charge is 0.0970 e. The number of amidine groups is 1. The second-order valence-electron chi connectivity index (χ2n) is 8.28. The number of hydrogen-bond donors (Lipinski definition) is 3. The third kappa shape index (κ3) is 6.67. The van der Waals surface area contributed by atoms with Crippen LogP contribution in [0.25, 0.3) is 0 Å². The molecular formula is C21H39N3O2. The molecule has 5 heteroatoms. The normalized spacial score (nSPS) is 29.4. The molecule has 0 saturated heterocycles. The lowest BCUT2D eigenvalue weighted by Crippen LogP contribution is -2.26. The largest absolute Gasteiger partial charge is 0.392 e. The van der Waals surface area contributed by atoms with Gasteiger partial charge >= 0.3 is 0 Å². The van der Waals surface area contributed by atoms with Gasteiger partial charge in [-0.1, -0.05) is 38.3 Å². The predicted octanol–water partition coefficient (Wildman–Crippen LogP) is 2.58. The number of aliphatic hydroxyl groups excluding tert-OH is 2. The predicted molar refractivity (Wildman–Crippen MR) is 109 cm³/mol. The van der Waals surface area contributed by atoms with Gasteiger partial charge in [-0.05, 0) is 52.2 Å². The molecule has 5 atom stereocenters. The van der Waals surface area contributed by atoms with Gasteiger partial charge in [0.25, 0.3) is 0 Å². The Balaban J connectivity index is 1.74. The second-order valence-corrected chi connectivity index (χ2v) is 8.28. The second kappa shape index (κ2) is 11.1. The van der Waals surface area contributed by atoms with Gasteiger partial charge in [0.1, 0.15) is 0 Å². The van der Waals surface area contributed by atoms with Crippen molar-refractivity contribution in [2.75, 3.05) is 27.2 Å². The standard InChI is InChI=1S/C21H39N3O2/c1-4-5-6-9-16(25)10-11-17-18-14-21(23-19(18)15-20(17)26)22-12-7-8-13-24(2)3/h10-11,16-20,25-26H,4-9,12-15H2,1-3H3,(H,22,23)/t16-,17?,18?,19?,20?/m0/s1. The molecule has 4 unspecified atom stereocenters. The van der Waals surface area contributed by atoms with E-state index in [0.29, 0.717) is 5.92 Å². The molecule has 0 radical (unpaired) electrons. The van der Waals surface area contributed by atoms with Crippen molar-refractivity contribution in [3.05, 3.63) is 12.2 Å². The van der Waals surface area contributed by atoms with E-state index < -0.39 is 0 Å². The van der Waals surface area contributed by atoms with E-state index in [-0.39, 0.29) is 24.2 Å². The Kier molecular flexibility index (Phi) is 9.09. The van der Waals surface area contributed by atoms with Crippen LogP contribution in [-0.4, -0.2) is 66.4 Å². The summed E-state index contributed by atoms with van der Waals surface area (Å²) in [5.74, 6) is 1.62. The van der Waals surface area contributed by atoms with Crippen LogP contribution in [-0.2, 0) is 0 Å². The molecule has 1 aliphatic carbocycles. The minimum atomic E-state index is -0.385. The monoisotopic (exact) mass is 365 g/mol. The van der Waals surface area contributed by atoms with E-state index in [1.54, 1.807) is 0 Å². The molecule has 0 amide bonds. The van der Waals surface area contributed by atoms with E-state index in [0.717, 1.165) is 51.0 Å². The Morgan fingerprint density at radius 3 is 2.81 bits per heavy atom. The topological polar surface area (TPSA) is 68.1 Å². The molecule has 26 heavy (non-hydrogen) atoms. The lowest BCUT2D eigenvalue weighted by molar-refractivity contribution is 0.140. The zero-order chi connectivity index (χ0) is 18.9. The summed E-state index contributed by atoms with van der Waals surface area (Å²) in [7, 11) is 4.21. The molecule has 1 fully saturated rings. The highest BCUT2D eigenvalue weighted by molar-refractivity contribution is 5.84. The van der Waals surface area contributed by atoms with Crippen molar-refractivity contribution in [2.45, 2.75) is 76.5 Å². The summed E-state index contributed by atoms with van der Waals surface area (Å²) in [4.78, 5) is 7.02. The van der Waals surface area contributed by atoms with Gasteiger partial charge in [-0.3, -0.25) is 4.99 Å². The first-order valence-corrected chi connectivity index (χ1v) is 10.5. The third-order valence-electron chi connectivity index (χ3n) is 5.69. The van der Waals surface area contributed by atoms with Crippen LogP contribution in [0.15, 0.2) is 17.1 Å². The van der Waals surface area contributed by atoms with Crippen LogP contribution in [0.5, 0.6) is 0 Å². The van der Waals surface area contributed by atoms with Crippen molar-refractivity contribution in [3.63, 3.8) is 0 Å². The SMILES string of the molecule is CCCCC[C@H](O)C=CC1C(O)CC2N=C(NCCCCN(C)C)CC21. The fourth-order valence-electron chi connectivity index (χ4n) is 4.15.